The first-order chi connectivity index (χ1) is 9.67. The highest BCUT2D eigenvalue weighted by molar-refractivity contribution is 6.31. The van der Waals surface area contributed by atoms with Gasteiger partial charge in [0.2, 0.25) is 0 Å². The highest BCUT2D eigenvalue weighted by Gasteiger charge is 2.19. The molecule has 2 aromatic carbocycles. The predicted molar refractivity (Wildman–Crippen MR) is 79.7 cm³/mol. The van der Waals surface area contributed by atoms with Crippen molar-refractivity contribution in [3.8, 4) is 11.5 Å². The van der Waals surface area contributed by atoms with E-state index in [1.807, 2.05) is 25.1 Å². The van der Waals surface area contributed by atoms with Crippen molar-refractivity contribution in [3.05, 3.63) is 58.6 Å². The minimum Gasteiger partial charge on any atom is -0.496 e. The third-order valence-corrected chi connectivity index (χ3v) is 3.32. The summed E-state index contributed by atoms with van der Waals surface area (Å²) in [5, 5.41) is 11.0. The Morgan fingerprint density at radius 2 is 1.95 bits per heavy atom. The lowest BCUT2D eigenvalue weighted by Gasteiger charge is -2.17. The number of rotatable bonds is 5. The first-order valence-electron chi connectivity index (χ1n) is 6.40. The third-order valence-electron chi connectivity index (χ3n) is 2.99. The Bertz CT molecular complexity index is 584. The number of hydrogen-bond donors (Lipinski definition) is 1. The van der Waals surface area contributed by atoms with Crippen LogP contribution in [0.4, 0.5) is 0 Å². The number of benzene rings is 2. The smallest absolute Gasteiger partial charge is 0.126 e. The van der Waals surface area contributed by atoms with Crippen LogP contribution in [0.25, 0.3) is 0 Å². The maximum Gasteiger partial charge on any atom is 0.126 e. The van der Waals surface area contributed by atoms with Crippen molar-refractivity contribution in [2.75, 3.05) is 13.7 Å². The minimum absolute atomic E-state index is 0.471. The van der Waals surface area contributed by atoms with Crippen LogP contribution in [0.15, 0.2) is 42.5 Å². The quantitative estimate of drug-likeness (QED) is 0.910. The molecule has 0 aliphatic heterocycles. The van der Waals surface area contributed by atoms with Crippen molar-refractivity contribution in [3.63, 3.8) is 0 Å². The van der Waals surface area contributed by atoms with Crippen LogP contribution in [0, 0.1) is 0 Å². The van der Waals surface area contributed by atoms with Gasteiger partial charge in [-0.1, -0.05) is 29.8 Å². The number of methoxy groups -OCH3 is 1. The summed E-state index contributed by atoms with van der Waals surface area (Å²) in [5.74, 6) is 1.28. The third kappa shape index (κ3) is 3.06. The fourth-order valence-electron chi connectivity index (χ4n) is 2.07. The molecule has 0 aliphatic rings. The molecule has 0 aliphatic carbocycles. The SMILES string of the molecule is CCOc1cccc(C(O)c2c(Cl)cccc2OC)c1. The highest BCUT2D eigenvalue weighted by Crippen LogP contribution is 2.36. The molecule has 2 aromatic rings. The van der Waals surface area contributed by atoms with Crippen molar-refractivity contribution in [1.29, 1.82) is 0 Å². The van der Waals surface area contributed by atoms with Crippen LogP contribution in [-0.2, 0) is 0 Å². The number of hydrogen-bond acceptors (Lipinski definition) is 3. The summed E-state index contributed by atoms with van der Waals surface area (Å²) >= 11 is 6.18. The van der Waals surface area contributed by atoms with Crippen molar-refractivity contribution in [1.82, 2.24) is 0 Å². The Morgan fingerprint density at radius 1 is 1.20 bits per heavy atom. The minimum atomic E-state index is -0.862. The van der Waals surface area contributed by atoms with Crippen LogP contribution in [0.1, 0.15) is 24.2 Å². The molecule has 1 unspecified atom stereocenters. The van der Waals surface area contributed by atoms with Gasteiger partial charge in [-0.05, 0) is 36.8 Å². The summed E-state index contributed by atoms with van der Waals surface area (Å²) in [6.45, 7) is 2.50. The van der Waals surface area contributed by atoms with Crippen LogP contribution in [0.5, 0.6) is 11.5 Å². The molecule has 20 heavy (non-hydrogen) atoms. The zero-order chi connectivity index (χ0) is 14.5. The molecule has 0 radical (unpaired) electrons. The van der Waals surface area contributed by atoms with Gasteiger partial charge in [-0.25, -0.2) is 0 Å². The molecule has 0 fully saturated rings. The van der Waals surface area contributed by atoms with E-state index in [4.69, 9.17) is 21.1 Å². The average Bonchev–Trinajstić information content (AvgIpc) is 2.47. The van der Waals surface area contributed by atoms with Crippen LogP contribution in [-0.4, -0.2) is 18.8 Å². The van der Waals surface area contributed by atoms with E-state index >= 15 is 0 Å². The summed E-state index contributed by atoms with van der Waals surface area (Å²) < 4.78 is 10.7. The van der Waals surface area contributed by atoms with E-state index in [0.29, 0.717) is 28.5 Å². The molecule has 1 atom stereocenters. The molecule has 0 heterocycles. The maximum atomic E-state index is 10.6. The van der Waals surface area contributed by atoms with Crippen molar-refractivity contribution in [2.45, 2.75) is 13.0 Å². The summed E-state index contributed by atoms with van der Waals surface area (Å²) in [7, 11) is 1.55. The van der Waals surface area contributed by atoms with Gasteiger partial charge in [0.25, 0.3) is 0 Å². The molecule has 4 heteroatoms. The maximum absolute atomic E-state index is 10.6. The van der Waals surface area contributed by atoms with E-state index in [1.54, 1.807) is 31.4 Å². The molecule has 0 saturated heterocycles. The number of aliphatic hydroxyl groups excluding tert-OH is 1. The lowest BCUT2D eigenvalue weighted by Crippen LogP contribution is -2.04. The zero-order valence-electron chi connectivity index (χ0n) is 11.5. The monoisotopic (exact) mass is 292 g/mol. The Hall–Kier alpha value is -1.71. The predicted octanol–water partition coefficient (Wildman–Crippen LogP) is 3.83. The van der Waals surface area contributed by atoms with Gasteiger partial charge in [0.05, 0.1) is 18.7 Å². The first kappa shape index (κ1) is 14.7. The van der Waals surface area contributed by atoms with E-state index in [1.165, 1.54) is 0 Å². The molecule has 0 bridgehead atoms. The Balaban J connectivity index is 2.40. The van der Waals surface area contributed by atoms with Gasteiger partial charge in [-0.15, -0.1) is 0 Å². The van der Waals surface area contributed by atoms with Crippen LogP contribution >= 0.6 is 11.6 Å². The molecular formula is C16H17ClO3. The molecule has 2 rings (SSSR count). The summed E-state index contributed by atoms with van der Waals surface area (Å²) in [5.41, 5.74) is 1.27. The standard InChI is InChI=1S/C16H17ClO3/c1-3-20-12-7-4-6-11(10-12)16(18)15-13(17)8-5-9-14(15)19-2/h4-10,16,18H,3H2,1-2H3. The van der Waals surface area contributed by atoms with Gasteiger partial charge in [0.15, 0.2) is 0 Å². The number of ether oxygens (including phenoxy) is 2. The lowest BCUT2D eigenvalue weighted by molar-refractivity contribution is 0.214. The summed E-state index contributed by atoms with van der Waals surface area (Å²) in [6, 6.07) is 12.6. The first-order valence-corrected chi connectivity index (χ1v) is 6.78. The van der Waals surface area contributed by atoms with E-state index in [-0.39, 0.29) is 0 Å². The molecule has 0 saturated carbocycles. The van der Waals surface area contributed by atoms with Crippen LogP contribution < -0.4 is 9.47 Å². The topological polar surface area (TPSA) is 38.7 Å². The van der Waals surface area contributed by atoms with E-state index in [2.05, 4.69) is 0 Å². The number of aliphatic hydroxyl groups is 1. The van der Waals surface area contributed by atoms with E-state index in [0.717, 1.165) is 5.75 Å². The second-order valence-electron chi connectivity index (χ2n) is 4.26. The van der Waals surface area contributed by atoms with Crippen LogP contribution in [0.3, 0.4) is 0 Å². The van der Waals surface area contributed by atoms with Crippen molar-refractivity contribution in [2.24, 2.45) is 0 Å². The molecule has 3 nitrogen and oxygen atoms in total. The fraction of sp³-hybridized carbons (Fsp3) is 0.250. The zero-order valence-corrected chi connectivity index (χ0v) is 12.2. The molecule has 0 aromatic heterocycles. The second-order valence-corrected chi connectivity index (χ2v) is 4.67. The Morgan fingerprint density at radius 3 is 2.65 bits per heavy atom. The van der Waals surface area contributed by atoms with Gasteiger partial charge < -0.3 is 14.6 Å². The summed E-state index contributed by atoms with van der Waals surface area (Å²) in [4.78, 5) is 0. The highest BCUT2D eigenvalue weighted by atomic mass is 35.5. The fourth-order valence-corrected chi connectivity index (χ4v) is 2.34. The van der Waals surface area contributed by atoms with Crippen LogP contribution in [0.2, 0.25) is 5.02 Å². The van der Waals surface area contributed by atoms with Gasteiger partial charge in [-0.3, -0.25) is 0 Å². The Labute approximate surface area is 123 Å². The van der Waals surface area contributed by atoms with Crippen molar-refractivity contribution >= 4 is 11.6 Å². The van der Waals surface area contributed by atoms with Gasteiger partial charge in [0.1, 0.15) is 17.6 Å². The lowest BCUT2D eigenvalue weighted by atomic mass is 10.0. The second kappa shape index (κ2) is 6.64. The molecule has 0 spiro atoms. The normalized spacial score (nSPS) is 12.0. The molecule has 1 N–H and O–H groups in total. The molecule has 0 amide bonds. The van der Waals surface area contributed by atoms with E-state index in [9.17, 15) is 5.11 Å². The Kier molecular flexibility index (Phi) is 4.88. The van der Waals surface area contributed by atoms with Gasteiger partial charge in [0, 0.05) is 5.56 Å². The van der Waals surface area contributed by atoms with Gasteiger partial charge >= 0.3 is 0 Å². The largest absolute Gasteiger partial charge is 0.496 e. The molecule has 106 valence electrons. The average molecular weight is 293 g/mol. The molecular weight excluding hydrogens is 276 g/mol. The number of halogens is 1. The van der Waals surface area contributed by atoms with Crippen molar-refractivity contribution < 1.29 is 14.6 Å². The summed E-state index contributed by atoms with van der Waals surface area (Å²) in [6.07, 6.45) is -0.862. The van der Waals surface area contributed by atoms with Gasteiger partial charge in [-0.2, -0.15) is 0 Å². The van der Waals surface area contributed by atoms with E-state index < -0.39 is 6.10 Å².